The Morgan fingerprint density at radius 2 is 1.64 bits per heavy atom. The van der Waals surface area contributed by atoms with Crippen LogP contribution in [0.3, 0.4) is 0 Å². The smallest absolute Gasteiger partial charge is 0.339 e. The van der Waals surface area contributed by atoms with Crippen LogP contribution in [0.1, 0.15) is 67.0 Å². The molecular formula is C27H34N2O7. The van der Waals surface area contributed by atoms with Crippen molar-refractivity contribution in [3.05, 3.63) is 44.5 Å². The molecule has 194 valence electrons. The predicted octanol–water partition coefficient (Wildman–Crippen LogP) is 3.97. The normalized spacial score (nSPS) is 12.1. The topological polar surface area (TPSA) is 139 Å². The van der Waals surface area contributed by atoms with Gasteiger partial charge in [-0.25, -0.2) is 4.79 Å². The van der Waals surface area contributed by atoms with Crippen LogP contribution in [0, 0.1) is 27.7 Å². The number of rotatable bonds is 11. The van der Waals surface area contributed by atoms with Crippen molar-refractivity contribution in [3.63, 3.8) is 0 Å². The van der Waals surface area contributed by atoms with E-state index in [1.165, 1.54) is 0 Å². The van der Waals surface area contributed by atoms with Crippen LogP contribution >= 0.6 is 0 Å². The first-order valence-corrected chi connectivity index (χ1v) is 12.3. The Morgan fingerprint density at radius 1 is 0.972 bits per heavy atom. The van der Waals surface area contributed by atoms with Gasteiger partial charge >= 0.3 is 11.6 Å². The lowest BCUT2D eigenvalue weighted by molar-refractivity contribution is -0.137. The second kappa shape index (κ2) is 11.4. The van der Waals surface area contributed by atoms with Gasteiger partial charge in [-0.05, 0) is 57.7 Å². The predicted molar refractivity (Wildman–Crippen MR) is 136 cm³/mol. The van der Waals surface area contributed by atoms with Crippen molar-refractivity contribution in [1.82, 2.24) is 10.6 Å². The van der Waals surface area contributed by atoms with Crippen LogP contribution in [0.15, 0.2) is 19.7 Å². The Hall–Kier alpha value is -3.62. The molecular weight excluding hydrogens is 464 g/mol. The van der Waals surface area contributed by atoms with Gasteiger partial charge in [0.05, 0.1) is 6.42 Å². The zero-order chi connectivity index (χ0) is 26.6. The van der Waals surface area contributed by atoms with E-state index in [1.807, 2.05) is 40.7 Å². The SMILES string of the molecule is CCCC[C@@H](NC(=O)CCc1c(C)c2cc3c(C)c(C)oc3c(C)c2oc1=O)C(=O)NCCC(=O)O. The lowest BCUT2D eigenvalue weighted by Crippen LogP contribution is -2.47. The van der Waals surface area contributed by atoms with Gasteiger partial charge in [0.15, 0.2) is 0 Å². The van der Waals surface area contributed by atoms with E-state index in [1.54, 1.807) is 0 Å². The minimum absolute atomic E-state index is 0.00715. The zero-order valence-corrected chi connectivity index (χ0v) is 21.5. The van der Waals surface area contributed by atoms with Crippen molar-refractivity contribution in [3.8, 4) is 0 Å². The Balaban J connectivity index is 1.78. The lowest BCUT2D eigenvalue weighted by Gasteiger charge is -2.18. The molecule has 0 saturated heterocycles. The van der Waals surface area contributed by atoms with E-state index in [4.69, 9.17) is 13.9 Å². The molecule has 3 N–H and O–H groups in total. The average molecular weight is 499 g/mol. The number of nitrogens with one attached hydrogen (secondary N) is 2. The van der Waals surface area contributed by atoms with E-state index >= 15 is 0 Å². The fraction of sp³-hybridized carbons (Fsp3) is 0.481. The molecule has 2 heterocycles. The summed E-state index contributed by atoms with van der Waals surface area (Å²) in [6.07, 6.45) is 1.99. The molecule has 3 aromatic rings. The fourth-order valence-corrected chi connectivity index (χ4v) is 4.38. The second-order valence-corrected chi connectivity index (χ2v) is 9.23. The summed E-state index contributed by atoms with van der Waals surface area (Å²) in [5.74, 6) is -0.978. The maximum Gasteiger partial charge on any atom is 0.339 e. The molecule has 0 unspecified atom stereocenters. The molecule has 0 radical (unpaired) electrons. The molecule has 0 aliphatic rings. The first-order valence-electron chi connectivity index (χ1n) is 12.3. The standard InChI is InChI=1S/C27H34N2O7/c1-6-7-8-21(26(33)28-12-11-23(31)32)29-22(30)10-9-18-15(3)20-13-19-14(2)17(5)35-24(19)16(4)25(20)36-27(18)34/h13,21H,6-12H2,1-5H3,(H,28,33)(H,29,30)(H,31,32)/t21-/m1/s1. The van der Waals surface area contributed by atoms with Crippen LogP contribution in [-0.4, -0.2) is 35.5 Å². The minimum atomic E-state index is -1.01. The number of fused-ring (bicyclic) bond motifs is 2. The maximum absolute atomic E-state index is 12.8. The van der Waals surface area contributed by atoms with Crippen molar-refractivity contribution in [2.75, 3.05) is 6.54 Å². The van der Waals surface area contributed by atoms with Gasteiger partial charge in [-0.3, -0.25) is 14.4 Å². The number of hydrogen-bond acceptors (Lipinski definition) is 6. The number of furan rings is 1. The Morgan fingerprint density at radius 3 is 2.31 bits per heavy atom. The van der Waals surface area contributed by atoms with Crippen LogP contribution in [0.5, 0.6) is 0 Å². The number of carbonyl (C=O) groups is 3. The minimum Gasteiger partial charge on any atom is -0.481 e. The molecule has 9 nitrogen and oxygen atoms in total. The van der Waals surface area contributed by atoms with Crippen LogP contribution in [0.2, 0.25) is 0 Å². The Labute approximate surface area is 209 Å². The number of unbranched alkanes of at least 4 members (excludes halogenated alkanes) is 1. The molecule has 3 rings (SSSR count). The fourth-order valence-electron chi connectivity index (χ4n) is 4.38. The molecule has 9 heteroatoms. The average Bonchev–Trinajstić information content (AvgIpc) is 3.11. The number of carboxylic acid groups (broad SMARTS) is 1. The van der Waals surface area contributed by atoms with Gasteiger partial charge in [-0.1, -0.05) is 19.8 Å². The summed E-state index contributed by atoms with van der Waals surface area (Å²) in [6, 6.07) is 1.21. The number of aryl methyl sites for hydroxylation is 4. The molecule has 0 bridgehead atoms. The maximum atomic E-state index is 12.8. The molecule has 0 fully saturated rings. The zero-order valence-electron chi connectivity index (χ0n) is 21.5. The number of aliphatic carboxylic acids is 1. The largest absolute Gasteiger partial charge is 0.481 e. The highest BCUT2D eigenvalue weighted by Crippen LogP contribution is 2.34. The van der Waals surface area contributed by atoms with E-state index in [9.17, 15) is 19.2 Å². The van der Waals surface area contributed by atoms with Crippen molar-refractivity contribution in [2.45, 2.75) is 79.2 Å². The van der Waals surface area contributed by atoms with Gasteiger partial charge < -0.3 is 24.6 Å². The molecule has 0 saturated carbocycles. The molecule has 0 aliphatic carbocycles. The van der Waals surface area contributed by atoms with Gasteiger partial charge in [-0.15, -0.1) is 0 Å². The molecule has 0 aliphatic heterocycles. The molecule has 2 amide bonds. The molecule has 2 aromatic heterocycles. The monoisotopic (exact) mass is 498 g/mol. The highest BCUT2D eigenvalue weighted by molar-refractivity contribution is 6.00. The number of hydrogen-bond donors (Lipinski definition) is 3. The summed E-state index contributed by atoms with van der Waals surface area (Å²) >= 11 is 0. The second-order valence-electron chi connectivity index (χ2n) is 9.23. The van der Waals surface area contributed by atoms with Crippen molar-refractivity contribution in [1.29, 1.82) is 0 Å². The molecule has 36 heavy (non-hydrogen) atoms. The van der Waals surface area contributed by atoms with Crippen LogP contribution in [-0.2, 0) is 20.8 Å². The lowest BCUT2D eigenvalue weighted by atomic mass is 9.98. The highest BCUT2D eigenvalue weighted by Gasteiger charge is 2.22. The number of carbonyl (C=O) groups excluding carboxylic acids is 2. The van der Waals surface area contributed by atoms with Crippen molar-refractivity contribution in [2.24, 2.45) is 0 Å². The summed E-state index contributed by atoms with van der Waals surface area (Å²) in [6.45, 7) is 9.56. The Kier molecular flexibility index (Phi) is 8.55. The van der Waals surface area contributed by atoms with Crippen LogP contribution in [0.25, 0.3) is 21.9 Å². The van der Waals surface area contributed by atoms with Crippen molar-refractivity contribution >= 4 is 39.7 Å². The third kappa shape index (κ3) is 5.78. The molecule has 1 aromatic carbocycles. The van der Waals surface area contributed by atoms with Gasteiger partial charge in [0, 0.05) is 34.9 Å². The van der Waals surface area contributed by atoms with E-state index in [0.29, 0.717) is 23.2 Å². The highest BCUT2D eigenvalue weighted by atomic mass is 16.4. The van der Waals surface area contributed by atoms with E-state index in [-0.39, 0.29) is 31.7 Å². The van der Waals surface area contributed by atoms with Gasteiger partial charge in [0.25, 0.3) is 0 Å². The van der Waals surface area contributed by atoms with E-state index in [0.717, 1.165) is 46.1 Å². The number of carboxylic acids is 1. The molecule has 0 spiro atoms. The first kappa shape index (κ1) is 27.0. The van der Waals surface area contributed by atoms with Crippen molar-refractivity contribution < 1.29 is 28.3 Å². The third-order valence-electron chi connectivity index (χ3n) is 6.68. The van der Waals surface area contributed by atoms with Gasteiger partial charge in [0.2, 0.25) is 11.8 Å². The van der Waals surface area contributed by atoms with Gasteiger partial charge in [0.1, 0.15) is 23.0 Å². The number of benzene rings is 1. The summed E-state index contributed by atoms with van der Waals surface area (Å²) in [5, 5.41) is 15.8. The third-order valence-corrected chi connectivity index (χ3v) is 6.68. The van der Waals surface area contributed by atoms with E-state index < -0.39 is 23.5 Å². The first-order chi connectivity index (χ1) is 17.0. The van der Waals surface area contributed by atoms with E-state index in [2.05, 4.69) is 10.6 Å². The Bertz CT molecular complexity index is 1370. The van der Waals surface area contributed by atoms with Crippen LogP contribution in [0.4, 0.5) is 0 Å². The quantitative estimate of drug-likeness (QED) is 0.340. The summed E-state index contributed by atoms with van der Waals surface area (Å²) in [5.41, 5.74) is 3.65. The van der Waals surface area contributed by atoms with Crippen LogP contribution < -0.4 is 16.3 Å². The number of amides is 2. The summed E-state index contributed by atoms with van der Waals surface area (Å²) in [4.78, 5) is 48.7. The summed E-state index contributed by atoms with van der Waals surface area (Å²) < 4.78 is 11.5. The van der Waals surface area contributed by atoms with Gasteiger partial charge in [-0.2, -0.15) is 0 Å². The summed E-state index contributed by atoms with van der Waals surface area (Å²) in [7, 11) is 0. The molecule has 1 atom stereocenters.